The zero-order chi connectivity index (χ0) is 19.5. The largest absolute Gasteiger partial charge is 0.486 e. The number of fused-ring (bicyclic) bond motifs is 1. The second-order valence-corrected chi connectivity index (χ2v) is 7.77. The number of amides is 1. The number of para-hydroxylation sites is 2. The average Bonchev–Trinajstić information content (AvgIpc) is 3.05. The van der Waals surface area contributed by atoms with Gasteiger partial charge in [0.25, 0.3) is 0 Å². The van der Waals surface area contributed by atoms with Gasteiger partial charge in [0.1, 0.15) is 24.7 Å². The molecule has 2 aromatic carbocycles. The Kier molecular flexibility index (Phi) is 5.33. The molecule has 3 aromatic rings. The summed E-state index contributed by atoms with van der Waals surface area (Å²) in [5.41, 5.74) is 3.06. The summed E-state index contributed by atoms with van der Waals surface area (Å²) in [6.45, 7) is 6.65. The molecule has 1 aliphatic rings. The third-order valence-corrected chi connectivity index (χ3v) is 5.55. The maximum atomic E-state index is 12.9. The Morgan fingerprint density at radius 2 is 1.82 bits per heavy atom. The lowest BCUT2D eigenvalue weighted by Crippen LogP contribution is -2.40. The number of carbonyl (C=O) groups excluding carboxylic acids is 1. The molecule has 1 aromatic heterocycles. The molecule has 0 aliphatic carbocycles. The zero-order valence-corrected chi connectivity index (χ0v) is 16.6. The summed E-state index contributed by atoms with van der Waals surface area (Å²) in [5.74, 6) is 2.45. The zero-order valence-electron chi connectivity index (χ0n) is 16.6. The third-order valence-electron chi connectivity index (χ3n) is 5.55. The predicted molar refractivity (Wildman–Crippen MR) is 110 cm³/mol. The highest BCUT2D eigenvalue weighted by molar-refractivity contribution is 5.81. The van der Waals surface area contributed by atoms with Crippen molar-refractivity contribution in [3.8, 4) is 5.75 Å². The first-order chi connectivity index (χ1) is 13.6. The van der Waals surface area contributed by atoms with Crippen molar-refractivity contribution in [3.63, 3.8) is 0 Å². The van der Waals surface area contributed by atoms with E-state index in [4.69, 9.17) is 9.72 Å². The van der Waals surface area contributed by atoms with Crippen LogP contribution in [0.3, 0.4) is 0 Å². The Hall–Kier alpha value is -2.82. The summed E-state index contributed by atoms with van der Waals surface area (Å²) in [5, 5.41) is 0. The van der Waals surface area contributed by atoms with Gasteiger partial charge < -0.3 is 14.2 Å². The molecular weight excluding hydrogens is 350 g/mol. The predicted octanol–water partition coefficient (Wildman–Crippen LogP) is 4.18. The van der Waals surface area contributed by atoms with E-state index in [2.05, 4.69) is 13.8 Å². The number of ether oxygens (including phenoxy) is 1. The van der Waals surface area contributed by atoms with E-state index >= 15 is 0 Å². The van der Waals surface area contributed by atoms with Crippen molar-refractivity contribution in [2.75, 3.05) is 13.1 Å². The fraction of sp³-hybridized carbons (Fsp3) is 0.391. The SMILES string of the molecule is Cc1ccc(OCc2nc3ccccc3n2CC(=O)N2CCC(C)CC2)cc1. The summed E-state index contributed by atoms with van der Waals surface area (Å²) in [7, 11) is 0. The number of rotatable bonds is 5. The van der Waals surface area contributed by atoms with Gasteiger partial charge in [-0.05, 0) is 49.9 Å². The van der Waals surface area contributed by atoms with Crippen molar-refractivity contribution in [3.05, 3.63) is 59.9 Å². The van der Waals surface area contributed by atoms with Crippen LogP contribution < -0.4 is 4.74 Å². The Balaban J connectivity index is 1.54. The molecule has 1 aliphatic heterocycles. The van der Waals surface area contributed by atoms with Gasteiger partial charge in [-0.15, -0.1) is 0 Å². The number of aryl methyl sites for hydroxylation is 1. The third kappa shape index (κ3) is 4.03. The van der Waals surface area contributed by atoms with Gasteiger partial charge in [0.15, 0.2) is 0 Å². The summed E-state index contributed by atoms with van der Waals surface area (Å²) in [6, 6.07) is 15.9. The van der Waals surface area contributed by atoms with Gasteiger partial charge in [-0.3, -0.25) is 4.79 Å². The van der Waals surface area contributed by atoms with Crippen molar-refractivity contribution in [2.24, 2.45) is 5.92 Å². The highest BCUT2D eigenvalue weighted by atomic mass is 16.5. The quantitative estimate of drug-likeness (QED) is 0.670. The molecule has 146 valence electrons. The molecule has 0 atom stereocenters. The van der Waals surface area contributed by atoms with E-state index in [-0.39, 0.29) is 5.91 Å². The van der Waals surface area contributed by atoms with Gasteiger partial charge in [-0.1, -0.05) is 36.8 Å². The van der Waals surface area contributed by atoms with Crippen LogP contribution in [0.15, 0.2) is 48.5 Å². The summed E-state index contributed by atoms with van der Waals surface area (Å²) in [4.78, 5) is 19.6. The van der Waals surface area contributed by atoms with Crippen LogP contribution in [-0.4, -0.2) is 33.4 Å². The first kappa shape index (κ1) is 18.5. The van der Waals surface area contributed by atoms with Crippen molar-refractivity contribution in [1.29, 1.82) is 0 Å². The molecule has 0 spiro atoms. The van der Waals surface area contributed by atoms with Crippen LogP contribution in [0.25, 0.3) is 11.0 Å². The highest BCUT2D eigenvalue weighted by Gasteiger charge is 2.22. The fourth-order valence-corrected chi connectivity index (χ4v) is 3.69. The number of piperidine rings is 1. The van der Waals surface area contributed by atoms with Gasteiger partial charge in [0, 0.05) is 13.1 Å². The minimum absolute atomic E-state index is 0.159. The number of nitrogens with zero attached hydrogens (tertiary/aromatic N) is 3. The van der Waals surface area contributed by atoms with Crippen LogP contribution in [0.2, 0.25) is 0 Å². The van der Waals surface area contributed by atoms with Crippen LogP contribution >= 0.6 is 0 Å². The van der Waals surface area contributed by atoms with E-state index < -0.39 is 0 Å². The van der Waals surface area contributed by atoms with Gasteiger partial charge in [0.05, 0.1) is 11.0 Å². The highest BCUT2D eigenvalue weighted by Crippen LogP contribution is 2.21. The van der Waals surface area contributed by atoms with Gasteiger partial charge in [-0.2, -0.15) is 0 Å². The minimum Gasteiger partial charge on any atom is -0.486 e. The number of imidazole rings is 1. The van der Waals surface area contributed by atoms with Gasteiger partial charge in [-0.25, -0.2) is 4.98 Å². The maximum absolute atomic E-state index is 12.9. The molecule has 1 fully saturated rings. The monoisotopic (exact) mass is 377 g/mol. The molecule has 0 saturated carbocycles. The van der Waals surface area contributed by atoms with Gasteiger partial charge >= 0.3 is 0 Å². The molecule has 1 saturated heterocycles. The van der Waals surface area contributed by atoms with Crippen LogP contribution in [0.5, 0.6) is 5.75 Å². The molecule has 4 rings (SSSR count). The van der Waals surface area contributed by atoms with Crippen molar-refractivity contribution < 1.29 is 9.53 Å². The Labute approximate surface area is 165 Å². The number of likely N-dealkylation sites (tertiary alicyclic amines) is 1. The summed E-state index contributed by atoms with van der Waals surface area (Å²) >= 11 is 0. The standard InChI is InChI=1S/C23H27N3O2/c1-17-7-9-19(10-8-17)28-16-22-24-20-5-3-4-6-21(20)26(22)15-23(27)25-13-11-18(2)12-14-25/h3-10,18H,11-16H2,1-2H3. The second-order valence-electron chi connectivity index (χ2n) is 7.77. The summed E-state index contributed by atoms with van der Waals surface area (Å²) < 4.78 is 7.95. The molecule has 28 heavy (non-hydrogen) atoms. The second kappa shape index (κ2) is 8.05. The van der Waals surface area contributed by atoms with Crippen molar-refractivity contribution >= 4 is 16.9 Å². The number of carbonyl (C=O) groups is 1. The van der Waals surface area contributed by atoms with Crippen LogP contribution in [0.1, 0.15) is 31.2 Å². The molecule has 2 heterocycles. The fourth-order valence-electron chi connectivity index (χ4n) is 3.69. The summed E-state index contributed by atoms with van der Waals surface area (Å²) in [6.07, 6.45) is 2.17. The average molecular weight is 377 g/mol. The Bertz CT molecular complexity index is 954. The first-order valence-corrected chi connectivity index (χ1v) is 10.0. The topological polar surface area (TPSA) is 47.4 Å². The van der Waals surface area contributed by atoms with E-state index in [9.17, 15) is 4.79 Å². The normalized spacial score (nSPS) is 15.1. The Morgan fingerprint density at radius 1 is 1.11 bits per heavy atom. The molecule has 5 heteroatoms. The van der Waals surface area contributed by atoms with Crippen molar-refractivity contribution in [2.45, 2.75) is 39.8 Å². The lowest BCUT2D eigenvalue weighted by molar-refractivity contribution is -0.133. The van der Waals surface area contributed by atoms with Crippen LogP contribution in [0.4, 0.5) is 0 Å². The molecular formula is C23H27N3O2. The van der Waals surface area contributed by atoms with E-state index in [1.807, 2.05) is 58.0 Å². The van der Waals surface area contributed by atoms with E-state index in [1.54, 1.807) is 0 Å². The van der Waals surface area contributed by atoms with Gasteiger partial charge in [0.2, 0.25) is 5.91 Å². The lowest BCUT2D eigenvalue weighted by Gasteiger charge is -2.30. The molecule has 0 bridgehead atoms. The molecule has 5 nitrogen and oxygen atoms in total. The van der Waals surface area contributed by atoms with Crippen LogP contribution in [0, 0.1) is 12.8 Å². The lowest BCUT2D eigenvalue weighted by atomic mass is 9.99. The number of hydrogen-bond donors (Lipinski definition) is 0. The Morgan fingerprint density at radius 3 is 2.57 bits per heavy atom. The van der Waals surface area contributed by atoms with Crippen molar-refractivity contribution in [1.82, 2.24) is 14.5 Å². The minimum atomic E-state index is 0.159. The molecule has 0 N–H and O–H groups in total. The molecule has 0 radical (unpaired) electrons. The smallest absolute Gasteiger partial charge is 0.242 e. The van der Waals surface area contributed by atoms with E-state index in [1.165, 1.54) is 5.56 Å². The number of benzene rings is 2. The number of aromatic nitrogens is 2. The number of hydrogen-bond acceptors (Lipinski definition) is 3. The maximum Gasteiger partial charge on any atom is 0.242 e. The van der Waals surface area contributed by atoms with E-state index in [0.717, 1.165) is 48.5 Å². The molecule has 1 amide bonds. The molecule has 0 unspecified atom stereocenters. The first-order valence-electron chi connectivity index (χ1n) is 10.0. The van der Waals surface area contributed by atoms with Crippen LogP contribution in [-0.2, 0) is 17.9 Å². The van der Waals surface area contributed by atoms with E-state index in [0.29, 0.717) is 19.1 Å².